The van der Waals surface area contributed by atoms with Crippen LogP contribution in [0.5, 0.6) is 0 Å². The second-order valence-electron chi connectivity index (χ2n) is 2.36. The number of carboxylic acids is 1. The predicted molar refractivity (Wildman–Crippen MR) is 55.8 cm³/mol. The van der Waals surface area contributed by atoms with Gasteiger partial charge in [-0.1, -0.05) is 0 Å². The maximum absolute atomic E-state index is 10.3. The van der Waals surface area contributed by atoms with Gasteiger partial charge >= 0.3 is 5.97 Å². The molecule has 0 fully saturated rings. The van der Waals surface area contributed by atoms with E-state index in [1.807, 2.05) is 0 Å². The van der Waals surface area contributed by atoms with Gasteiger partial charge in [0.2, 0.25) is 0 Å². The first kappa shape index (κ1) is 15.6. The Morgan fingerprint density at radius 3 is 2.64 bits per heavy atom. The molecule has 1 atom stereocenters. The van der Waals surface area contributed by atoms with Crippen molar-refractivity contribution in [2.45, 2.75) is 12.5 Å². The van der Waals surface area contributed by atoms with Gasteiger partial charge in [0.25, 0.3) is 0 Å². The quantitative estimate of drug-likeness (QED) is 0.791. The minimum absolute atomic E-state index is 0. The Kier molecular flexibility index (Phi) is 8.32. The van der Waals surface area contributed by atoms with Crippen LogP contribution < -0.4 is 5.73 Å². The van der Waals surface area contributed by atoms with Crippen molar-refractivity contribution in [2.75, 3.05) is 0 Å². The highest BCUT2D eigenvalue weighted by Gasteiger charge is 2.12. The van der Waals surface area contributed by atoms with Crippen molar-refractivity contribution in [2.24, 2.45) is 5.73 Å². The predicted octanol–water partition coefficient (Wildman–Crippen LogP) is 0.275. The van der Waals surface area contributed by atoms with Crippen LogP contribution in [0.3, 0.4) is 0 Å². The molecule has 0 radical (unpaired) electrons. The molecule has 0 aliphatic rings. The van der Waals surface area contributed by atoms with E-state index in [2.05, 4.69) is 10.2 Å². The summed E-state index contributed by atoms with van der Waals surface area (Å²) >= 11 is 0. The molecule has 1 heterocycles. The van der Waals surface area contributed by atoms with Crippen molar-refractivity contribution >= 4 is 30.8 Å². The summed E-state index contributed by atoms with van der Waals surface area (Å²) in [7, 11) is 0. The van der Waals surface area contributed by atoms with Crippen molar-refractivity contribution in [3.05, 3.63) is 24.0 Å². The van der Waals surface area contributed by atoms with E-state index < -0.39 is 12.0 Å². The number of halogens is 2. The molecule has 1 aromatic heterocycles. The third-order valence-corrected chi connectivity index (χ3v) is 1.37. The lowest BCUT2D eigenvalue weighted by Crippen LogP contribution is -2.32. The van der Waals surface area contributed by atoms with Gasteiger partial charge in [-0.3, -0.25) is 4.79 Å². The van der Waals surface area contributed by atoms with Gasteiger partial charge in [-0.15, -0.1) is 24.8 Å². The van der Waals surface area contributed by atoms with Crippen LogP contribution in [-0.2, 0) is 11.2 Å². The first-order chi connectivity index (χ1) is 5.70. The summed E-state index contributed by atoms with van der Waals surface area (Å²) in [6.45, 7) is 0. The number of carbonyl (C=O) groups is 1. The molecule has 0 amide bonds. The third kappa shape index (κ3) is 4.96. The molecule has 0 aromatic carbocycles. The molecule has 0 spiro atoms. The van der Waals surface area contributed by atoms with Crippen LogP contribution in [0.15, 0.2) is 18.3 Å². The number of aliphatic carboxylic acids is 1. The molecule has 0 unspecified atom stereocenters. The summed E-state index contributed by atoms with van der Waals surface area (Å²) in [5.74, 6) is -1.03. The number of nitrogens with two attached hydrogens (primary N) is 1. The number of hydrogen-bond donors (Lipinski definition) is 2. The zero-order chi connectivity index (χ0) is 8.97. The average Bonchev–Trinajstić information content (AvgIpc) is 2.06. The second-order valence-corrected chi connectivity index (χ2v) is 2.36. The first-order valence-electron chi connectivity index (χ1n) is 3.45. The van der Waals surface area contributed by atoms with E-state index in [0.29, 0.717) is 5.69 Å². The Bertz CT molecular complexity index is 271. The fourth-order valence-corrected chi connectivity index (χ4v) is 0.755. The highest BCUT2D eigenvalue weighted by molar-refractivity contribution is 5.85. The van der Waals surface area contributed by atoms with Crippen LogP contribution >= 0.6 is 24.8 Å². The van der Waals surface area contributed by atoms with Crippen LogP contribution in [0.1, 0.15) is 5.69 Å². The topological polar surface area (TPSA) is 89.1 Å². The molecular formula is C7H11Cl2N3O2. The van der Waals surface area contributed by atoms with Gasteiger partial charge in [-0.2, -0.15) is 10.2 Å². The van der Waals surface area contributed by atoms with Crippen LogP contribution in [0.4, 0.5) is 0 Å². The first-order valence-corrected chi connectivity index (χ1v) is 3.45. The number of rotatable bonds is 3. The lowest BCUT2D eigenvalue weighted by Gasteiger charge is -2.03. The second kappa shape index (κ2) is 7.49. The normalized spacial score (nSPS) is 10.6. The maximum atomic E-state index is 10.3. The molecule has 3 N–H and O–H groups in total. The van der Waals surface area contributed by atoms with Gasteiger partial charge in [-0.05, 0) is 12.1 Å². The zero-order valence-corrected chi connectivity index (χ0v) is 8.79. The standard InChI is InChI=1S/C7H9N3O2.2ClH/c8-6(7(11)12)4-5-2-1-3-9-10-5;;/h1-3,6H,4,8H2,(H,11,12);2*1H/t6-;;/m1../s1. The van der Waals surface area contributed by atoms with E-state index >= 15 is 0 Å². The molecular weight excluding hydrogens is 229 g/mol. The summed E-state index contributed by atoms with van der Waals surface area (Å²) in [6.07, 6.45) is 1.74. The molecule has 0 aliphatic heterocycles. The van der Waals surface area contributed by atoms with E-state index in [0.717, 1.165) is 0 Å². The van der Waals surface area contributed by atoms with Crippen molar-refractivity contribution in [1.82, 2.24) is 10.2 Å². The summed E-state index contributed by atoms with van der Waals surface area (Å²) in [6, 6.07) is 2.48. The van der Waals surface area contributed by atoms with Gasteiger partial charge < -0.3 is 10.8 Å². The Hall–Kier alpha value is -0.910. The van der Waals surface area contributed by atoms with Gasteiger partial charge in [0.05, 0.1) is 5.69 Å². The molecule has 7 heteroatoms. The summed E-state index contributed by atoms with van der Waals surface area (Å²) in [4.78, 5) is 10.3. The molecule has 0 bridgehead atoms. The van der Waals surface area contributed by atoms with Crippen LogP contribution in [0, 0.1) is 0 Å². The molecule has 14 heavy (non-hydrogen) atoms. The largest absolute Gasteiger partial charge is 0.480 e. The summed E-state index contributed by atoms with van der Waals surface area (Å²) in [5, 5.41) is 15.8. The smallest absolute Gasteiger partial charge is 0.320 e. The summed E-state index contributed by atoms with van der Waals surface area (Å²) in [5.41, 5.74) is 5.87. The molecule has 0 aliphatic carbocycles. The molecule has 0 saturated carbocycles. The van der Waals surface area contributed by atoms with Crippen molar-refractivity contribution in [3.63, 3.8) is 0 Å². The van der Waals surface area contributed by atoms with Crippen molar-refractivity contribution < 1.29 is 9.90 Å². The average molecular weight is 240 g/mol. The number of hydrogen-bond acceptors (Lipinski definition) is 4. The molecule has 0 saturated heterocycles. The fourth-order valence-electron chi connectivity index (χ4n) is 0.755. The van der Waals surface area contributed by atoms with E-state index in [9.17, 15) is 4.79 Å². The lowest BCUT2D eigenvalue weighted by atomic mass is 10.2. The van der Waals surface area contributed by atoms with Crippen LogP contribution in [0.25, 0.3) is 0 Å². The SMILES string of the molecule is Cl.Cl.N[C@H](Cc1cccnn1)C(=O)O. The van der Waals surface area contributed by atoms with E-state index in [1.165, 1.54) is 6.20 Å². The van der Waals surface area contributed by atoms with Crippen LogP contribution in [-0.4, -0.2) is 27.3 Å². The minimum Gasteiger partial charge on any atom is -0.480 e. The highest BCUT2D eigenvalue weighted by atomic mass is 35.5. The molecule has 1 aromatic rings. The van der Waals surface area contributed by atoms with Gasteiger partial charge in [0, 0.05) is 12.6 Å². The zero-order valence-electron chi connectivity index (χ0n) is 7.16. The van der Waals surface area contributed by atoms with Crippen molar-refractivity contribution in [1.29, 1.82) is 0 Å². The minimum atomic E-state index is -1.03. The van der Waals surface area contributed by atoms with E-state index in [1.54, 1.807) is 12.1 Å². The number of carboxylic acid groups (broad SMARTS) is 1. The van der Waals surface area contributed by atoms with E-state index in [-0.39, 0.29) is 31.2 Å². The summed E-state index contributed by atoms with van der Waals surface area (Å²) < 4.78 is 0. The van der Waals surface area contributed by atoms with E-state index in [4.69, 9.17) is 10.8 Å². The highest BCUT2D eigenvalue weighted by Crippen LogP contribution is 1.95. The Morgan fingerprint density at radius 2 is 2.21 bits per heavy atom. The van der Waals surface area contributed by atoms with Crippen molar-refractivity contribution in [3.8, 4) is 0 Å². The monoisotopic (exact) mass is 239 g/mol. The lowest BCUT2D eigenvalue weighted by molar-refractivity contribution is -0.138. The molecule has 1 rings (SSSR count). The maximum Gasteiger partial charge on any atom is 0.320 e. The fraction of sp³-hybridized carbons (Fsp3) is 0.286. The Balaban J connectivity index is 0. The van der Waals surface area contributed by atoms with Crippen LogP contribution in [0.2, 0.25) is 0 Å². The Labute approximate surface area is 93.5 Å². The third-order valence-electron chi connectivity index (χ3n) is 1.37. The van der Waals surface area contributed by atoms with Gasteiger partial charge in [-0.25, -0.2) is 0 Å². The molecule has 5 nitrogen and oxygen atoms in total. The molecule has 80 valence electrons. The number of nitrogens with zero attached hydrogens (tertiary/aromatic N) is 2. The Morgan fingerprint density at radius 1 is 1.57 bits per heavy atom. The van der Waals surface area contributed by atoms with Gasteiger partial charge in [0.1, 0.15) is 6.04 Å². The number of aromatic nitrogens is 2. The van der Waals surface area contributed by atoms with Gasteiger partial charge in [0.15, 0.2) is 0 Å².